The Bertz CT molecular complexity index is 251. The Labute approximate surface area is 119 Å². The summed E-state index contributed by atoms with van der Waals surface area (Å²) >= 11 is 1.71. The van der Waals surface area contributed by atoms with Crippen LogP contribution in [-0.4, -0.2) is 20.2 Å². The normalized spacial score (nSPS) is 6.95. The smallest absolute Gasteiger partial charge is 0.0919 e. The van der Waals surface area contributed by atoms with Gasteiger partial charge in [-0.2, -0.15) is 16.4 Å². The maximum absolute atomic E-state index is 3.67. The Morgan fingerprint density at radius 2 is 1.53 bits per heavy atom. The van der Waals surface area contributed by atoms with E-state index in [1.54, 1.807) is 42.5 Å². The molecule has 19 heavy (non-hydrogen) atoms. The van der Waals surface area contributed by atoms with Crippen molar-refractivity contribution in [2.45, 2.75) is 27.7 Å². The second kappa shape index (κ2) is 21.4. The maximum Gasteiger partial charge on any atom is 0.0919 e. The Morgan fingerprint density at radius 3 is 1.68 bits per heavy atom. The fraction of sp³-hybridized carbons (Fsp3) is 0.286. The first-order valence-electron chi connectivity index (χ1n) is 6.34. The molecule has 4 nitrogen and oxygen atoms in total. The number of aromatic amines is 2. The molecule has 0 aliphatic heterocycles. The summed E-state index contributed by atoms with van der Waals surface area (Å²) in [6, 6.07) is 5.87. The van der Waals surface area contributed by atoms with Gasteiger partial charge in [-0.1, -0.05) is 39.8 Å². The van der Waals surface area contributed by atoms with E-state index in [1.165, 1.54) is 0 Å². The Hall–Kier alpha value is -1.88. The lowest BCUT2D eigenvalue weighted by Crippen LogP contribution is -1.53. The summed E-state index contributed by atoms with van der Waals surface area (Å²) < 4.78 is 0. The highest BCUT2D eigenvalue weighted by Gasteiger charge is 1.58. The van der Waals surface area contributed by atoms with Crippen molar-refractivity contribution in [2.24, 2.45) is 0 Å². The average molecular weight is 280 g/mol. The van der Waals surface area contributed by atoms with Crippen molar-refractivity contribution in [3.63, 3.8) is 0 Å². The van der Waals surface area contributed by atoms with Crippen molar-refractivity contribution >= 4 is 11.3 Å². The summed E-state index contributed by atoms with van der Waals surface area (Å²) in [5, 5.41) is 10.3. The van der Waals surface area contributed by atoms with E-state index < -0.39 is 0 Å². The van der Waals surface area contributed by atoms with Crippen molar-refractivity contribution in [3.8, 4) is 0 Å². The van der Waals surface area contributed by atoms with Crippen molar-refractivity contribution in [1.29, 1.82) is 0 Å². The van der Waals surface area contributed by atoms with Crippen LogP contribution in [0.15, 0.2) is 60.1 Å². The molecule has 0 aromatic carbocycles. The maximum atomic E-state index is 3.67. The predicted octanol–water partition coefficient (Wildman–Crippen LogP) is 4.62. The van der Waals surface area contributed by atoms with E-state index in [1.807, 2.05) is 56.7 Å². The highest BCUT2D eigenvalue weighted by atomic mass is 32.1. The van der Waals surface area contributed by atoms with Gasteiger partial charge in [-0.05, 0) is 16.8 Å². The molecule has 0 spiro atoms. The Morgan fingerprint density at radius 1 is 0.842 bits per heavy atom. The molecule has 2 N–H and O–H groups in total. The van der Waals surface area contributed by atoms with E-state index in [-0.39, 0.29) is 0 Å². The molecular weight excluding hydrogens is 256 g/mol. The number of H-pyrrole nitrogens is 2. The summed E-state index contributed by atoms with van der Waals surface area (Å²) in [6.45, 7) is 8.00. The molecule has 3 aromatic rings. The van der Waals surface area contributed by atoms with E-state index in [2.05, 4.69) is 20.2 Å². The number of aromatic nitrogens is 4. The molecule has 0 saturated carbocycles. The molecule has 0 radical (unpaired) electrons. The zero-order valence-corrected chi connectivity index (χ0v) is 12.9. The number of nitrogens with zero attached hydrogens (tertiary/aromatic N) is 2. The van der Waals surface area contributed by atoms with Gasteiger partial charge in [-0.25, -0.2) is 4.98 Å². The molecule has 106 valence electrons. The first kappa shape index (κ1) is 19.5. The van der Waals surface area contributed by atoms with Crippen LogP contribution in [0.4, 0.5) is 0 Å². The number of imidazole rings is 1. The second-order valence-corrected chi connectivity index (χ2v) is 3.14. The highest BCUT2D eigenvalue weighted by molar-refractivity contribution is 7.07. The largest absolute Gasteiger partial charge is 0.351 e. The molecule has 5 heteroatoms. The molecule has 3 rings (SSSR count). The fourth-order valence-corrected chi connectivity index (χ4v) is 1.11. The molecule has 0 unspecified atom stereocenters. The van der Waals surface area contributed by atoms with Crippen LogP contribution in [0.5, 0.6) is 0 Å². The standard InChI is InChI=1S/C4H4S.2C3H4N2.2C2H6/c1-2-4-5-3-1;1-2-5-3-4-1;1-2-4-5-3-1;2*1-2/h1-4H;2*1-3H,(H,4,5);2*1-2H3. The third-order valence-electron chi connectivity index (χ3n) is 1.24. The monoisotopic (exact) mass is 280 g/mol. The van der Waals surface area contributed by atoms with Gasteiger partial charge in [0.25, 0.3) is 0 Å². The quantitative estimate of drug-likeness (QED) is 0.631. The van der Waals surface area contributed by atoms with E-state index >= 15 is 0 Å². The molecule has 0 aliphatic rings. The van der Waals surface area contributed by atoms with E-state index in [4.69, 9.17) is 0 Å². The minimum absolute atomic E-state index is 1.62. The van der Waals surface area contributed by atoms with Crippen molar-refractivity contribution in [3.05, 3.63) is 60.1 Å². The van der Waals surface area contributed by atoms with Gasteiger partial charge >= 0.3 is 0 Å². The lowest BCUT2D eigenvalue weighted by atomic mass is 10.7. The number of hydrogen-bond acceptors (Lipinski definition) is 3. The first-order chi connectivity index (χ1) is 9.50. The van der Waals surface area contributed by atoms with Crippen LogP contribution in [0, 0.1) is 0 Å². The van der Waals surface area contributed by atoms with E-state index in [9.17, 15) is 0 Å². The molecule has 0 fully saturated rings. The third-order valence-corrected chi connectivity index (χ3v) is 1.87. The van der Waals surface area contributed by atoms with Gasteiger partial charge in [0.05, 0.1) is 6.33 Å². The molecule has 0 amide bonds. The molecule has 3 heterocycles. The van der Waals surface area contributed by atoms with Crippen LogP contribution >= 0.6 is 11.3 Å². The van der Waals surface area contributed by atoms with Crippen LogP contribution in [0.3, 0.4) is 0 Å². The fourth-order valence-electron chi connectivity index (χ4n) is 0.657. The topological polar surface area (TPSA) is 57.4 Å². The summed E-state index contributed by atoms with van der Waals surface area (Å²) in [7, 11) is 0. The van der Waals surface area contributed by atoms with Gasteiger partial charge in [0.2, 0.25) is 0 Å². The molecule has 0 aliphatic carbocycles. The average Bonchev–Trinajstić information content (AvgIpc) is 3.31. The van der Waals surface area contributed by atoms with Gasteiger partial charge in [0.1, 0.15) is 0 Å². The molecule has 0 atom stereocenters. The number of nitrogens with one attached hydrogen (secondary N) is 2. The summed E-state index contributed by atoms with van der Waals surface area (Å²) in [5.41, 5.74) is 0. The molecule has 0 bridgehead atoms. The van der Waals surface area contributed by atoms with Gasteiger partial charge in [0, 0.05) is 24.8 Å². The van der Waals surface area contributed by atoms with Gasteiger partial charge in [-0.15, -0.1) is 0 Å². The van der Waals surface area contributed by atoms with Crippen molar-refractivity contribution in [2.75, 3.05) is 0 Å². The van der Waals surface area contributed by atoms with Gasteiger partial charge in [-0.3, -0.25) is 5.10 Å². The van der Waals surface area contributed by atoms with Crippen LogP contribution in [-0.2, 0) is 0 Å². The van der Waals surface area contributed by atoms with Crippen LogP contribution in [0.1, 0.15) is 27.7 Å². The Kier molecular flexibility index (Phi) is 21.9. The minimum atomic E-state index is 1.62. The van der Waals surface area contributed by atoms with Crippen LogP contribution < -0.4 is 0 Å². The van der Waals surface area contributed by atoms with Crippen LogP contribution in [0.25, 0.3) is 0 Å². The lowest BCUT2D eigenvalue weighted by molar-refractivity contribution is 1.09. The predicted molar refractivity (Wildman–Crippen MR) is 84.2 cm³/mol. The number of thiophene rings is 1. The number of hydrogen-bond donors (Lipinski definition) is 2. The lowest BCUT2D eigenvalue weighted by Gasteiger charge is -1.49. The van der Waals surface area contributed by atoms with Crippen molar-refractivity contribution < 1.29 is 0 Å². The minimum Gasteiger partial charge on any atom is -0.351 e. The summed E-state index contributed by atoms with van der Waals surface area (Å²) in [6.07, 6.45) is 8.54. The highest BCUT2D eigenvalue weighted by Crippen LogP contribution is 1.91. The van der Waals surface area contributed by atoms with Crippen molar-refractivity contribution in [1.82, 2.24) is 20.2 Å². The van der Waals surface area contributed by atoms with Gasteiger partial charge < -0.3 is 4.98 Å². The van der Waals surface area contributed by atoms with E-state index in [0.29, 0.717) is 0 Å². The molecular formula is C14H24N4S. The third kappa shape index (κ3) is 18.7. The SMILES string of the molecule is CC.CC.c1c[nH]cn1.c1ccsc1.c1cn[nH]c1. The zero-order chi connectivity index (χ0) is 14.6. The second-order valence-electron chi connectivity index (χ2n) is 2.32. The Balaban J connectivity index is 0. The van der Waals surface area contributed by atoms with Crippen LogP contribution in [0.2, 0.25) is 0 Å². The summed E-state index contributed by atoms with van der Waals surface area (Å²) in [4.78, 5) is 6.42. The number of rotatable bonds is 0. The summed E-state index contributed by atoms with van der Waals surface area (Å²) in [5.74, 6) is 0. The van der Waals surface area contributed by atoms with Gasteiger partial charge in [0.15, 0.2) is 0 Å². The zero-order valence-electron chi connectivity index (χ0n) is 12.1. The first-order valence-corrected chi connectivity index (χ1v) is 7.28. The molecule has 0 saturated heterocycles. The molecule has 3 aromatic heterocycles. The van der Waals surface area contributed by atoms with E-state index in [0.717, 1.165) is 0 Å².